The number of benzene rings is 7. The van der Waals surface area contributed by atoms with Gasteiger partial charge in [0.25, 0.3) is 6.33 Å². The lowest BCUT2D eigenvalue weighted by atomic mass is 9.86. The van der Waals surface area contributed by atoms with E-state index >= 15 is 0 Å². The molecule has 0 saturated heterocycles. The maximum absolute atomic E-state index is 6.79. The zero-order valence-corrected chi connectivity index (χ0v) is 35.5. The van der Waals surface area contributed by atoms with E-state index in [9.17, 15) is 0 Å². The van der Waals surface area contributed by atoms with Crippen LogP contribution in [0.25, 0.3) is 72.3 Å². The lowest BCUT2D eigenvalue weighted by Gasteiger charge is -2.19. The molecule has 0 amide bonds. The van der Waals surface area contributed by atoms with Gasteiger partial charge < -0.3 is 4.74 Å². The maximum atomic E-state index is 6.79. The fourth-order valence-corrected chi connectivity index (χ4v) is 8.68. The van der Waals surface area contributed by atoms with Crippen LogP contribution in [0.3, 0.4) is 0 Å². The molecule has 0 bridgehead atoms. The number of aromatic nitrogens is 4. The molecule has 298 valence electrons. The number of imidazole rings is 1. The van der Waals surface area contributed by atoms with Gasteiger partial charge in [-0.3, -0.25) is 13.7 Å². The van der Waals surface area contributed by atoms with Gasteiger partial charge >= 0.3 is 0 Å². The first-order valence-electron chi connectivity index (χ1n) is 21.2. The highest BCUT2D eigenvalue weighted by Gasteiger charge is 2.22. The molecule has 0 radical (unpaired) electrons. The Hall–Kier alpha value is -7.24. The average Bonchev–Trinajstić information content (AvgIpc) is 3.83. The minimum absolute atomic E-state index is 0.0163. The van der Waals surface area contributed by atoms with Gasteiger partial charge in [-0.2, -0.15) is 0 Å². The summed E-state index contributed by atoms with van der Waals surface area (Å²) < 4.78 is 13.5. The third-order valence-electron chi connectivity index (χ3n) is 11.9. The molecule has 3 aromatic heterocycles. The summed E-state index contributed by atoms with van der Waals surface area (Å²) >= 11 is 0. The van der Waals surface area contributed by atoms with E-state index in [4.69, 9.17) is 9.72 Å². The molecular formula is C56H48N4O. The van der Waals surface area contributed by atoms with E-state index in [1.54, 1.807) is 0 Å². The third kappa shape index (κ3) is 6.86. The molecule has 0 aliphatic heterocycles. The van der Waals surface area contributed by atoms with E-state index in [0.717, 1.165) is 84.0 Å². The van der Waals surface area contributed by atoms with Crippen LogP contribution in [0.15, 0.2) is 176 Å². The summed E-state index contributed by atoms with van der Waals surface area (Å²) in [5, 5.41) is 2.37. The normalized spacial score (nSPS) is 11.9. The van der Waals surface area contributed by atoms with E-state index in [2.05, 4.69) is 225 Å². The Morgan fingerprint density at radius 2 is 1.30 bits per heavy atom. The Morgan fingerprint density at radius 3 is 2.00 bits per heavy atom. The summed E-state index contributed by atoms with van der Waals surface area (Å²) in [6.45, 7) is 13.4. The van der Waals surface area contributed by atoms with Crippen LogP contribution in [0.4, 0.5) is 0 Å². The number of fused-ring (bicyclic) bond motifs is 4. The second kappa shape index (κ2) is 15.1. The molecule has 0 unspecified atom stereocenters. The summed E-state index contributed by atoms with van der Waals surface area (Å²) in [6, 6.07) is 60.2. The minimum atomic E-state index is 0.0163. The number of nitrogens with zero attached hydrogens (tertiary/aromatic N) is 4. The summed E-state index contributed by atoms with van der Waals surface area (Å²) in [6.07, 6.45) is 5.76. The van der Waals surface area contributed by atoms with Crippen LogP contribution in [-0.4, -0.2) is 14.1 Å². The zero-order valence-electron chi connectivity index (χ0n) is 35.5. The van der Waals surface area contributed by atoms with Crippen LogP contribution < -0.4 is 9.30 Å². The molecule has 61 heavy (non-hydrogen) atoms. The first-order valence-corrected chi connectivity index (χ1v) is 21.2. The first-order chi connectivity index (χ1) is 29.6. The third-order valence-corrected chi connectivity index (χ3v) is 11.9. The first kappa shape index (κ1) is 38.0. The van der Waals surface area contributed by atoms with Gasteiger partial charge in [0.15, 0.2) is 0 Å². The molecule has 0 spiro atoms. The predicted octanol–water partition coefficient (Wildman–Crippen LogP) is 14.1. The van der Waals surface area contributed by atoms with Crippen molar-refractivity contribution in [3.63, 3.8) is 0 Å². The quantitative estimate of drug-likeness (QED) is 0.113. The highest BCUT2D eigenvalue weighted by molar-refractivity contribution is 6.09. The van der Waals surface area contributed by atoms with Gasteiger partial charge in [-0.1, -0.05) is 144 Å². The fourth-order valence-electron chi connectivity index (χ4n) is 8.68. The standard InChI is InChI=1S/C56H48N4O/c1-37(2)41-30-31-57-53(32-41)60-50-29-26-42(56(4,5)6)33-49(50)48-28-27-45(35-52(48)60)61-44-22-14-21-43(34-44)58-36-59(54-38(3)16-13-25-51(54)58)55-46(39-17-9-7-10-18-39)23-15-24-47(55)40-19-11-8-12-20-40/h7-35,37H,1-6H3. The molecule has 0 aliphatic rings. The van der Waals surface area contributed by atoms with Gasteiger partial charge in [0, 0.05) is 23.0 Å². The number of pyridine rings is 1. The van der Waals surface area contributed by atoms with Crippen LogP contribution in [-0.2, 0) is 5.41 Å². The van der Waals surface area contributed by atoms with Crippen molar-refractivity contribution in [2.24, 2.45) is 0 Å². The molecule has 0 atom stereocenters. The second-order valence-corrected chi connectivity index (χ2v) is 17.3. The van der Waals surface area contributed by atoms with Crippen LogP contribution in [0, 0.1) is 13.3 Å². The monoisotopic (exact) mass is 792 g/mol. The van der Waals surface area contributed by atoms with Gasteiger partial charge in [0.05, 0.1) is 33.4 Å². The van der Waals surface area contributed by atoms with Crippen molar-refractivity contribution in [1.82, 2.24) is 14.1 Å². The molecule has 5 nitrogen and oxygen atoms in total. The van der Waals surface area contributed by atoms with E-state index < -0.39 is 0 Å². The Balaban J connectivity index is 1.10. The highest BCUT2D eigenvalue weighted by Crippen LogP contribution is 2.39. The molecule has 0 N–H and O–H groups in total. The zero-order chi connectivity index (χ0) is 41.8. The van der Waals surface area contributed by atoms with Crippen LogP contribution in [0.2, 0.25) is 0 Å². The van der Waals surface area contributed by atoms with E-state index in [1.165, 1.54) is 16.5 Å². The number of ether oxygens (including phenoxy) is 1. The molecule has 3 heterocycles. The largest absolute Gasteiger partial charge is 0.458 e. The molecule has 0 saturated carbocycles. The molecule has 0 aliphatic carbocycles. The van der Waals surface area contributed by atoms with Crippen molar-refractivity contribution in [2.75, 3.05) is 0 Å². The topological polar surface area (TPSA) is 35.9 Å². The van der Waals surface area contributed by atoms with Gasteiger partial charge in [0.2, 0.25) is 0 Å². The lowest BCUT2D eigenvalue weighted by molar-refractivity contribution is -0.571. The van der Waals surface area contributed by atoms with Gasteiger partial charge in [0.1, 0.15) is 17.3 Å². The van der Waals surface area contributed by atoms with Gasteiger partial charge in [-0.25, -0.2) is 4.98 Å². The number of rotatable bonds is 8. The van der Waals surface area contributed by atoms with Crippen molar-refractivity contribution in [2.45, 2.75) is 52.9 Å². The number of para-hydroxylation sites is 2. The van der Waals surface area contributed by atoms with E-state index in [-0.39, 0.29) is 5.41 Å². The van der Waals surface area contributed by atoms with Crippen molar-refractivity contribution in [1.29, 1.82) is 0 Å². The van der Waals surface area contributed by atoms with Crippen LogP contribution in [0.5, 0.6) is 11.5 Å². The molecule has 7 aromatic carbocycles. The Morgan fingerprint density at radius 1 is 0.607 bits per heavy atom. The SMILES string of the molecule is Cc1cccc2c1[n+](-c1c(-c3ccccc3)cccc1-c1ccccc1)[c-]n2-c1cccc(Oc2ccc3c4cc(C(C)(C)C)ccc4n(-c4cc(C(C)C)ccn4)c3c2)c1. The number of hydrogen-bond donors (Lipinski definition) is 0. The molecule has 10 rings (SSSR count). The minimum Gasteiger partial charge on any atom is -0.458 e. The smallest absolute Gasteiger partial charge is 0.269 e. The summed E-state index contributed by atoms with van der Waals surface area (Å²) in [7, 11) is 0. The highest BCUT2D eigenvalue weighted by atomic mass is 16.5. The predicted molar refractivity (Wildman–Crippen MR) is 251 cm³/mol. The summed E-state index contributed by atoms with van der Waals surface area (Å²) in [5.41, 5.74) is 14.6. The van der Waals surface area contributed by atoms with Crippen molar-refractivity contribution >= 4 is 32.8 Å². The average molecular weight is 793 g/mol. The van der Waals surface area contributed by atoms with Crippen molar-refractivity contribution in [3.8, 4) is 50.9 Å². The number of aryl methyl sites for hydroxylation is 1. The molecule has 0 fully saturated rings. The fraction of sp³-hybridized carbons (Fsp3) is 0.143. The van der Waals surface area contributed by atoms with Gasteiger partial charge in [-0.15, -0.1) is 0 Å². The van der Waals surface area contributed by atoms with Crippen molar-refractivity contribution < 1.29 is 9.30 Å². The molecular weight excluding hydrogens is 745 g/mol. The molecule has 10 aromatic rings. The Bertz CT molecular complexity index is 3180. The van der Waals surface area contributed by atoms with Crippen LogP contribution >= 0.6 is 0 Å². The number of hydrogen-bond acceptors (Lipinski definition) is 2. The Kier molecular flexibility index (Phi) is 9.40. The lowest BCUT2D eigenvalue weighted by Crippen LogP contribution is -2.32. The summed E-state index contributed by atoms with van der Waals surface area (Å²) in [4.78, 5) is 4.91. The van der Waals surface area contributed by atoms with Crippen LogP contribution in [0.1, 0.15) is 57.2 Å². The maximum Gasteiger partial charge on any atom is 0.269 e. The van der Waals surface area contributed by atoms with Gasteiger partial charge in [-0.05, 0) is 112 Å². The Labute approximate surface area is 357 Å². The molecule has 5 heteroatoms. The second-order valence-electron chi connectivity index (χ2n) is 17.3. The van der Waals surface area contributed by atoms with E-state index in [1.807, 2.05) is 12.3 Å². The van der Waals surface area contributed by atoms with E-state index in [0.29, 0.717) is 5.92 Å². The summed E-state index contributed by atoms with van der Waals surface area (Å²) in [5.74, 6) is 2.77. The van der Waals surface area contributed by atoms with Crippen molar-refractivity contribution in [3.05, 3.63) is 199 Å².